The Labute approximate surface area is 213 Å². The van der Waals surface area contributed by atoms with Crippen molar-refractivity contribution in [2.24, 2.45) is 11.7 Å². The molecule has 1 aliphatic rings. The standard InChI is InChI=1S/C24H37N3O.C4H4O4/c1-18(8-7-14-25)27-23-17-21(28-2)16-22-20(13-15-26-24(22)23)12-6-11-19-9-4-3-5-10-19;5-3(6)1-2-4(7)8/h13,15-19,27H,3-12,14,25H2,1-2H3;1-2H,(H,5,6)(H,7,8)/b;2-1+. The third-order valence-electron chi connectivity index (χ3n) is 6.54. The van der Waals surface area contributed by atoms with E-state index in [4.69, 9.17) is 25.7 Å². The van der Waals surface area contributed by atoms with Crippen LogP contribution in [0.1, 0.15) is 70.3 Å². The molecule has 0 radical (unpaired) electrons. The number of ether oxygens (including phenoxy) is 1. The molecule has 2 aromatic rings. The number of nitrogens with two attached hydrogens (primary N) is 1. The van der Waals surface area contributed by atoms with E-state index in [0.29, 0.717) is 18.2 Å². The molecule has 0 bridgehead atoms. The van der Waals surface area contributed by atoms with Crippen LogP contribution in [0.15, 0.2) is 36.5 Å². The van der Waals surface area contributed by atoms with Crippen molar-refractivity contribution < 1.29 is 24.5 Å². The molecule has 1 saturated carbocycles. The molecule has 0 aliphatic heterocycles. The van der Waals surface area contributed by atoms with Gasteiger partial charge >= 0.3 is 11.9 Å². The molecule has 8 heteroatoms. The molecule has 3 rings (SSSR count). The molecular weight excluding hydrogens is 458 g/mol. The van der Waals surface area contributed by atoms with Crippen molar-refractivity contribution in [1.29, 1.82) is 0 Å². The van der Waals surface area contributed by atoms with E-state index >= 15 is 0 Å². The Hall–Kier alpha value is -3.13. The lowest BCUT2D eigenvalue weighted by atomic mass is 9.85. The number of carbonyl (C=O) groups is 2. The number of aryl methyl sites for hydroxylation is 1. The van der Waals surface area contributed by atoms with Gasteiger partial charge in [0.05, 0.1) is 18.3 Å². The quantitative estimate of drug-likeness (QED) is 0.285. The molecule has 0 spiro atoms. The van der Waals surface area contributed by atoms with Gasteiger partial charge in [-0.1, -0.05) is 38.5 Å². The fraction of sp³-hybridized carbons (Fsp3) is 0.536. The number of nitrogens with one attached hydrogen (secondary N) is 1. The van der Waals surface area contributed by atoms with Crippen LogP contribution in [0.4, 0.5) is 5.69 Å². The number of carboxylic acids is 2. The lowest BCUT2D eigenvalue weighted by Crippen LogP contribution is -2.17. The molecule has 1 unspecified atom stereocenters. The number of benzene rings is 1. The molecule has 5 N–H and O–H groups in total. The van der Waals surface area contributed by atoms with E-state index in [1.165, 1.54) is 55.9 Å². The van der Waals surface area contributed by atoms with Crippen LogP contribution in [0, 0.1) is 5.92 Å². The molecule has 0 amide bonds. The molecule has 1 aromatic carbocycles. The highest BCUT2D eigenvalue weighted by Crippen LogP contribution is 2.32. The topological polar surface area (TPSA) is 135 Å². The number of anilines is 1. The molecular formula is C28H41N3O5. The summed E-state index contributed by atoms with van der Waals surface area (Å²) in [6.07, 6.45) is 16.0. The molecule has 1 atom stereocenters. The summed E-state index contributed by atoms with van der Waals surface area (Å²) in [4.78, 5) is 23.8. The Morgan fingerprint density at radius 1 is 1.17 bits per heavy atom. The molecule has 8 nitrogen and oxygen atoms in total. The summed E-state index contributed by atoms with van der Waals surface area (Å²) in [6.45, 7) is 2.93. The van der Waals surface area contributed by atoms with Crippen molar-refractivity contribution in [1.82, 2.24) is 4.98 Å². The largest absolute Gasteiger partial charge is 0.497 e. The van der Waals surface area contributed by atoms with Gasteiger partial charge in [-0.05, 0) is 62.8 Å². The lowest BCUT2D eigenvalue weighted by molar-refractivity contribution is -0.134. The highest BCUT2D eigenvalue weighted by Gasteiger charge is 2.15. The minimum Gasteiger partial charge on any atom is -0.497 e. The number of carboxylic acid groups (broad SMARTS) is 2. The molecule has 36 heavy (non-hydrogen) atoms. The number of nitrogens with zero attached hydrogens (tertiary/aromatic N) is 1. The predicted molar refractivity (Wildman–Crippen MR) is 144 cm³/mol. The van der Waals surface area contributed by atoms with Crippen molar-refractivity contribution in [3.8, 4) is 5.75 Å². The first-order chi connectivity index (χ1) is 17.3. The van der Waals surface area contributed by atoms with Gasteiger partial charge < -0.3 is 26.0 Å². The Morgan fingerprint density at radius 2 is 1.86 bits per heavy atom. The van der Waals surface area contributed by atoms with Crippen LogP contribution in [0.5, 0.6) is 5.75 Å². The lowest BCUT2D eigenvalue weighted by Gasteiger charge is -2.21. The van der Waals surface area contributed by atoms with E-state index in [-0.39, 0.29) is 0 Å². The van der Waals surface area contributed by atoms with E-state index in [0.717, 1.165) is 48.7 Å². The van der Waals surface area contributed by atoms with Crippen LogP contribution in [0.25, 0.3) is 10.9 Å². The van der Waals surface area contributed by atoms with E-state index in [2.05, 4.69) is 30.4 Å². The van der Waals surface area contributed by atoms with Crippen LogP contribution in [-0.2, 0) is 16.0 Å². The van der Waals surface area contributed by atoms with Crippen molar-refractivity contribution in [2.75, 3.05) is 19.0 Å². The molecule has 198 valence electrons. The normalized spacial score (nSPS) is 14.8. The number of fused-ring (bicyclic) bond motifs is 1. The number of aromatic nitrogens is 1. The van der Waals surface area contributed by atoms with Gasteiger partial charge in [0.15, 0.2) is 0 Å². The smallest absolute Gasteiger partial charge is 0.328 e. The first-order valence-electron chi connectivity index (χ1n) is 12.9. The first-order valence-corrected chi connectivity index (χ1v) is 12.9. The molecule has 1 fully saturated rings. The van der Waals surface area contributed by atoms with Gasteiger partial charge in [0.25, 0.3) is 0 Å². The van der Waals surface area contributed by atoms with Gasteiger partial charge in [-0.15, -0.1) is 0 Å². The average molecular weight is 500 g/mol. The fourth-order valence-corrected chi connectivity index (χ4v) is 4.69. The van der Waals surface area contributed by atoms with Crippen LogP contribution in [0.3, 0.4) is 0 Å². The van der Waals surface area contributed by atoms with E-state index in [1.807, 2.05) is 6.20 Å². The highest BCUT2D eigenvalue weighted by atomic mass is 16.5. The maximum atomic E-state index is 9.55. The Bertz CT molecular complexity index is 986. The second-order valence-corrected chi connectivity index (χ2v) is 9.42. The second kappa shape index (κ2) is 15.8. The number of rotatable bonds is 12. The number of hydrogen-bond donors (Lipinski definition) is 4. The zero-order valence-corrected chi connectivity index (χ0v) is 21.5. The summed E-state index contributed by atoms with van der Waals surface area (Å²) in [5.41, 5.74) is 9.17. The van der Waals surface area contributed by atoms with Crippen LogP contribution in [-0.4, -0.2) is 46.8 Å². The molecule has 1 aliphatic carbocycles. The van der Waals surface area contributed by atoms with Crippen molar-refractivity contribution in [3.05, 3.63) is 42.1 Å². The summed E-state index contributed by atoms with van der Waals surface area (Å²) >= 11 is 0. The molecule has 0 saturated heterocycles. The van der Waals surface area contributed by atoms with Crippen LogP contribution in [0.2, 0.25) is 0 Å². The van der Waals surface area contributed by atoms with Gasteiger partial charge in [0, 0.05) is 35.8 Å². The number of hydrogen-bond acceptors (Lipinski definition) is 6. The van der Waals surface area contributed by atoms with Gasteiger partial charge in [-0.3, -0.25) is 4.98 Å². The van der Waals surface area contributed by atoms with E-state index in [1.54, 1.807) is 7.11 Å². The van der Waals surface area contributed by atoms with Gasteiger partial charge in [0.1, 0.15) is 5.75 Å². The maximum absolute atomic E-state index is 9.55. The summed E-state index contributed by atoms with van der Waals surface area (Å²) in [7, 11) is 1.74. The van der Waals surface area contributed by atoms with Crippen molar-refractivity contribution in [3.63, 3.8) is 0 Å². The third-order valence-corrected chi connectivity index (χ3v) is 6.54. The van der Waals surface area contributed by atoms with Crippen molar-refractivity contribution in [2.45, 2.75) is 77.2 Å². The monoisotopic (exact) mass is 499 g/mol. The number of aliphatic carboxylic acids is 2. The van der Waals surface area contributed by atoms with Crippen molar-refractivity contribution >= 4 is 28.5 Å². The summed E-state index contributed by atoms with van der Waals surface area (Å²) in [5, 5.41) is 20.5. The fourth-order valence-electron chi connectivity index (χ4n) is 4.69. The summed E-state index contributed by atoms with van der Waals surface area (Å²) in [6, 6.07) is 6.76. The molecule has 1 heterocycles. The van der Waals surface area contributed by atoms with E-state index in [9.17, 15) is 9.59 Å². The Morgan fingerprint density at radius 3 is 2.47 bits per heavy atom. The van der Waals surface area contributed by atoms with Gasteiger partial charge in [0.2, 0.25) is 0 Å². The number of pyridine rings is 1. The minimum atomic E-state index is -1.26. The average Bonchev–Trinajstić information content (AvgIpc) is 2.87. The summed E-state index contributed by atoms with van der Waals surface area (Å²) < 4.78 is 5.59. The Balaban J connectivity index is 0.000000493. The SMILES string of the molecule is COc1cc(NC(C)CCCN)c2nccc(CCCC3CCCCC3)c2c1.O=C(O)/C=C/C(=O)O. The van der Waals surface area contributed by atoms with Crippen LogP contribution < -0.4 is 15.8 Å². The zero-order valence-electron chi connectivity index (χ0n) is 21.5. The van der Waals surface area contributed by atoms with Crippen LogP contribution >= 0.6 is 0 Å². The predicted octanol–water partition coefficient (Wildman–Crippen LogP) is 5.40. The minimum absolute atomic E-state index is 0.357. The molecule has 1 aromatic heterocycles. The van der Waals surface area contributed by atoms with Gasteiger partial charge in [-0.2, -0.15) is 0 Å². The zero-order chi connectivity index (χ0) is 26.3. The maximum Gasteiger partial charge on any atom is 0.328 e. The Kier molecular flexibility index (Phi) is 12.8. The summed E-state index contributed by atoms with van der Waals surface area (Å²) in [5.74, 6) is -0.681. The highest BCUT2D eigenvalue weighted by molar-refractivity contribution is 5.94. The van der Waals surface area contributed by atoms with E-state index < -0.39 is 11.9 Å². The number of methoxy groups -OCH3 is 1. The second-order valence-electron chi connectivity index (χ2n) is 9.42. The van der Waals surface area contributed by atoms with Gasteiger partial charge in [-0.25, -0.2) is 9.59 Å². The third kappa shape index (κ3) is 10.2. The first kappa shape index (κ1) is 29.1.